The highest BCUT2D eigenvalue weighted by Gasteiger charge is 2.30. The van der Waals surface area contributed by atoms with Gasteiger partial charge in [-0.1, -0.05) is 0 Å². The summed E-state index contributed by atoms with van der Waals surface area (Å²) in [4.78, 5) is 14.2. The van der Waals surface area contributed by atoms with Crippen LogP contribution >= 0.6 is 0 Å². The van der Waals surface area contributed by atoms with Crippen LogP contribution in [0.15, 0.2) is 0 Å². The molecule has 2 N–H and O–H groups in total. The predicted molar refractivity (Wildman–Crippen MR) is 70.5 cm³/mol. The molecule has 2 heterocycles. The molecule has 0 saturated carbocycles. The van der Waals surface area contributed by atoms with Crippen molar-refractivity contribution in [3.63, 3.8) is 0 Å². The van der Waals surface area contributed by atoms with E-state index < -0.39 is 0 Å². The second-order valence-electron chi connectivity index (χ2n) is 5.83. The maximum absolute atomic E-state index is 11.9. The van der Waals surface area contributed by atoms with Gasteiger partial charge in [-0.15, -0.1) is 0 Å². The first-order valence-electron chi connectivity index (χ1n) is 6.91. The number of hydrogen-bond acceptors (Lipinski definition) is 4. The molecule has 1 unspecified atom stereocenters. The topological polar surface area (TPSA) is 53.6 Å². The molecule has 104 valence electrons. The molecule has 0 bridgehead atoms. The average Bonchev–Trinajstić information content (AvgIpc) is 2.84. The zero-order chi connectivity index (χ0) is 13.0. The number of amides is 1. The number of rotatable bonds is 4. The molecule has 18 heavy (non-hydrogen) atoms. The van der Waals surface area contributed by atoms with Gasteiger partial charge in [0.15, 0.2) is 0 Å². The number of carbonyl (C=O) groups excluding carboxylic acids is 1. The van der Waals surface area contributed by atoms with E-state index in [1.807, 2.05) is 0 Å². The summed E-state index contributed by atoms with van der Waals surface area (Å²) in [6.45, 7) is 10.3. The molecular weight excluding hydrogens is 230 g/mol. The molecule has 5 heteroatoms. The van der Waals surface area contributed by atoms with E-state index in [4.69, 9.17) is 4.74 Å². The number of nitrogens with zero attached hydrogens (tertiary/aromatic N) is 1. The largest absolute Gasteiger partial charge is 0.378 e. The van der Waals surface area contributed by atoms with Gasteiger partial charge in [0.25, 0.3) is 0 Å². The van der Waals surface area contributed by atoms with Gasteiger partial charge in [-0.05, 0) is 26.8 Å². The van der Waals surface area contributed by atoms with E-state index in [2.05, 4.69) is 29.4 Å². The molecule has 2 aliphatic rings. The molecule has 0 spiro atoms. The molecule has 2 aliphatic heterocycles. The SMILES string of the molecule is CC1(C)COCCN1CCNC(=O)C1CCNC1. The van der Waals surface area contributed by atoms with E-state index in [0.717, 1.165) is 52.4 Å². The number of nitrogens with one attached hydrogen (secondary N) is 2. The van der Waals surface area contributed by atoms with E-state index >= 15 is 0 Å². The fourth-order valence-corrected chi connectivity index (χ4v) is 2.64. The van der Waals surface area contributed by atoms with Crippen LogP contribution in [0.2, 0.25) is 0 Å². The normalized spacial score (nSPS) is 28.2. The van der Waals surface area contributed by atoms with Crippen LogP contribution in [-0.4, -0.2) is 62.3 Å². The lowest BCUT2D eigenvalue weighted by molar-refractivity contribution is -0.124. The highest BCUT2D eigenvalue weighted by Crippen LogP contribution is 2.17. The van der Waals surface area contributed by atoms with Crippen molar-refractivity contribution in [1.82, 2.24) is 15.5 Å². The summed E-state index contributed by atoms with van der Waals surface area (Å²) in [7, 11) is 0. The van der Waals surface area contributed by atoms with Crippen molar-refractivity contribution in [1.29, 1.82) is 0 Å². The van der Waals surface area contributed by atoms with Crippen molar-refractivity contribution in [3.05, 3.63) is 0 Å². The molecule has 2 rings (SSSR count). The highest BCUT2D eigenvalue weighted by atomic mass is 16.5. The Kier molecular flexibility index (Phi) is 4.59. The summed E-state index contributed by atoms with van der Waals surface area (Å²) >= 11 is 0. The first-order chi connectivity index (χ1) is 8.59. The van der Waals surface area contributed by atoms with Crippen LogP contribution in [0.25, 0.3) is 0 Å². The van der Waals surface area contributed by atoms with Crippen LogP contribution in [-0.2, 0) is 9.53 Å². The van der Waals surface area contributed by atoms with E-state index in [1.54, 1.807) is 0 Å². The molecule has 0 radical (unpaired) electrons. The average molecular weight is 255 g/mol. The van der Waals surface area contributed by atoms with Gasteiger partial charge in [-0.3, -0.25) is 9.69 Å². The predicted octanol–water partition coefficient (Wildman–Crippen LogP) is -0.177. The molecule has 2 fully saturated rings. The molecule has 1 atom stereocenters. The quantitative estimate of drug-likeness (QED) is 0.732. The Hall–Kier alpha value is -0.650. The van der Waals surface area contributed by atoms with Crippen molar-refractivity contribution in [2.45, 2.75) is 25.8 Å². The summed E-state index contributed by atoms with van der Waals surface area (Å²) in [6.07, 6.45) is 0.967. The van der Waals surface area contributed by atoms with Gasteiger partial charge >= 0.3 is 0 Å². The lowest BCUT2D eigenvalue weighted by atomic mass is 10.0. The standard InChI is InChI=1S/C13H25N3O2/c1-13(2)10-18-8-7-16(13)6-5-15-12(17)11-3-4-14-9-11/h11,14H,3-10H2,1-2H3,(H,15,17). The van der Waals surface area contributed by atoms with Crippen LogP contribution in [0.1, 0.15) is 20.3 Å². The van der Waals surface area contributed by atoms with Crippen molar-refractivity contribution in [2.24, 2.45) is 5.92 Å². The molecule has 1 amide bonds. The summed E-state index contributed by atoms with van der Waals surface area (Å²) in [6, 6.07) is 0. The van der Waals surface area contributed by atoms with Gasteiger partial charge in [0.1, 0.15) is 0 Å². The minimum Gasteiger partial charge on any atom is -0.378 e. The summed E-state index contributed by atoms with van der Waals surface area (Å²) in [5.74, 6) is 0.369. The zero-order valence-corrected chi connectivity index (χ0v) is 11.5. The van der Waals surface area contributed by atoms with Gasteiger partial charge in [-0.25, -0.2) is 0 Å². The smallest absolute Gasteiger partial charge is 0.224 e. The minimum absolute atomic E-state index is 0.0812. The fraction of sp³-hybridized carbons (Fsp3) is 0.923. The van der Waals surface area contributed by atoms with E-state index in [1.165, 1.54) is 0 Å². The summed E-state index contributed by atoms with van der Waals surface area (Å²) < 4.78 is 5.49. The fourth-order valence-electron chi connectivity index (χ4n) is 2.64. The molecule has 0 aromatic heterocycles. The van der Waals surface area contributed by atoms with Crippen LogP contribution in [0.4, 0.5) is 0 Å². The lowest BCUT2D eigenvalue weighted by Crippen LogP contribution is -2.55. The maximum Gasteiger partial charge on any atom is 0.224 e. The monoisotopic (exact) mass is 255 g/mol. The van der Waals surface area contributed by atoms with Crippen molar-refractivity contribution in [3.8, 4) is 0 Å². The third kappa shape index (κ3) is 3.43. The van der Waals surface area contributed by atoms with Gasteiger partial charge in [-0.2, -0.15) is 0 Å². The second kappa shape index (κ2) is 5.99. The Bertz CT molecular complexity index is 288. The zero-order valence-electron chi connectivity index (χ0n) is 11.5. The first-order valence-corrected chi connectivity index (χ1v) is 6.91. The van der Waals surface area contributed by atoms with Crippen LogP contribution in [0, 0.1) is 5.92 Å². The Labute approximate surface area is 109 Å². The van der Waals surface area contributed by atoms with E-state index in [9.17, 15) is 4.79 Å². The molecule has 5 nitrogen and oxygen atoms in total. The Morgan fingerprint density at radius 1 is 1.56 bits per heavy atom. The van der Waals surface area contributed by atoms with Crippen molar-refractivity contribution in [2.75, 3.05) is 45.9 Å². The van der Waals surface area contributed by atoms with E-state index in [0.29, 0.717) is 0 Å². The highest BCUT2D eigenvalue weighted by molar-refractivity contribution is 5.79. The van der Waals surface area contributed by atoms with Gasteiger partial charge in [0.2, 0.25) is 5.91 Å². The molecular formula is C13H25N3O2. The van der Waals surface area contributed by atoms with Crippen LogP contribution in [0.3, 0.4) is 0 Å². The maximum atomic E-state index is 11.9. The Morgan fingerprint density at radius 3 is 3.06 bits per heavy atom. The van der Waals surface area contributed by atoms with Crippen LogP contribution < -0.4 is 10.6 Å². The van der Waals surface area contributed by atoms with Crippen molar-refractivity contribution >= 4 is 5.91 Å². The summed E-state index contributed by atoms with van der Waals surface area (Å²) in [5.41, 5.74) is 0.0812. The Morgan fingerprint density at radius 2 is 2.39 bits per heavy atom. The molecule has 0 aliphatic carbocycles. The number of hydrogen-bond donors (Lipinski definition) is 2. The minimum atomic E-state index is 0.0812. The first kappa shape index (κ1) is 13.8. The van der Waals surface area contributed by atoms with E-state index in [-0.39, 0.29) is 17.4 Å². The van der Waals surface area contributed by atoms with Crippen LogP contribution in [0.5, 0.6) is 0 Å². The summed E-state index contributed by atoms with van der Waals surface area (Å²) in [5, 5.41) is 6.27. The lowest BCUT2D eigenvalue weighted by Gasteiger charge is -2.42. The third-order valence-electron chi connectivity index (χ3n) is 3.93. The number of ether oxygens (including phenoxy) is 1. The number of morpholine rings is 1. The molecule has 2 saturated heterocycles. The second-order valence-corrected chi connectivity index (χ2v) is 5.83. The molecule has 0 aromatic rings. The molecule has 0 aromatic carbocycles. The third-order valence-corrected chi connectivity index (χ3v) is 3.93. The van der Waals surface area contributed by atoms with Gasteiger partial charge in [0.05, 0.1) is 19.1 Å². The van der Waals surface area contributed by atoms with Gasteiger partial charge in [0, 0.05) is 31.7 Å². The number of carbonyl (C=O) groups is 1. The van der Waals surface area contributed by atoms with Gasteiger partial charge < -0.3 is 15.4 Å². The van der Waals surface area contributed by atoms with Crippen molar-refractivity contribution < 1.29 is 9.53 Å². The Balaban J connectivity index is 1.69.